The van der Waals surface area contributed by atoms with E-state index in [1.54, 1.807) is 0 Å². The lowest BCUT2D eigenvalue weighted by atomic mass is 10.4. The monoisotopic (exact) mass is 214 g/mol. The molecule has 1 aromatic rings. The Kier molecular flexibility index (Phi) is 3.41. The minimum Gasteiger partial charge on any atom is -0.472 e. The number of rotatable bonds is 4. The quantitative estimate of drug-likeness (QED) is 0.438. The van der Waals surface area contributed by atoms with Crippen LogP contribution in [-0.4, -0.2) is 16.5 Å². The van der Waals surface area contributed by atoms with E-state index in [4.69, 9.17) is 16.3 Å². The molecule has 0 aliphatic carbocycles. The number of pyridine rings is 1. The van der Waals surface area contributed by atoms with E-state index in [0.717, 1.165) is 0 Å². The van der Waals surface area contributed by atoms with Gasteiger partial charge in [0, 0.05) is 12.3 Å². The maximum atomic E-state index is 10.5. The smallest absolute Gasteiger partial charge is 0.294 e. The second-order valence-corrected chi connectivity index (χ2v) is 2.68. The molecular formula is C8H7ClN2O3. The largest absolute Gasteiger partial charge is 0.472 e. The van der Waals surface area contributed by atoms with Gasteiger partial charge in [0.2, 0.25) is 5.88 Å². The summed E-state index contributed by atoms with van der Waals surface area (Å²) in [6.45, 7) is 3.64. The Bertz CT molecular complexity index is 368. The molecule has 0 amide bonds. The zero-order chi connectivity index (χ0) is 10.6. The van der Waals surface area contributed by atoms with Gasteiger partial charge in [-0.15, -0.1) is 0 Å². The Hall–Kier alpha value is -1.62. The zero-order valence-electron chi connectivity index (χ0n) is 7.14. The minimum atomic E-state index is -0.592. The Labute approximate surface area is 85.1 Å². The predicted octanol–water partition coefficient (Wildman–Crippen LogP) is 2.21. The number of ether oxygens (including phenoxy) is 1. The van der Waals surface area contributed by atoms with Crippen molar-refractivity contribution < 1.29 is 9.66 Å². The van der Waals surface area contributed by atoms with Crippen molar-refractivity contribution in [2.45, 2.75) is 0 Å². The Morgan fingerprint density at radius 2 is 2.50 bits per heavy atom. The van der Waals surface area contributed by atoms with Crippen LogP contribution in [0.3, 0.4) is 0 Å². The van der Waals surface area contributed by atoms with Gasteiger partial charge < -0.3 is 4.74 Å². The predicted molar refractivity (Wildman–Crippen MR) is 51.6 cm³/mol. The lowest BCUT2D eigenvalue weighted by Gasteiger charge is -2.03. The average Bonchev–Trinajstić information content (AvgIpc) is 2.16. The summed E-state index contributed by atoms with van der Waals surface area (Å²) in [5, 5.41) is 10.4. The first-order chi connectivity index (χ1) is 6.66. The highest BCUT2D eigenvalue weighted by Gasteiger charge is 2.17. The number of aromatic nitrogens is 1. The lowest BCUT2D eigenvalue weighted by molar-refractivity contribution is -0.384. The SMILES string of the molecule is C=CCOc1nccc([N+](=O)[O-])c1Cl. The molecule has 1 rings (SSSR count). The number of hydrogen-bond acceptors (Lipinski definition) is 4. The van der Waals surface area contributed by atoms with E-state index < -0.39 is 4.92 Å². The number of hydrogen-bond donors (Lipinski definition) is 0. The summed E-state index contributed by atoms with van der Waals surface area (Å²) in [5.74, 6) is 0.0424. The van der Waals surface area contributed by atoms with Crippen LogP contribution in [0.25, 0.3) is 0 Å². The Morgan fingerprint density at radius 1 is 1.79 bits per heavy atom. The van der Waals surface area contributed by atoms with E-state index in [2.05, 4.69) is 11.6 Å². The molecule has 74 valence electrons. The summed E-state index contributed by atoms with van der Waals surface area (Å²) in [6.07, 6.45) is 2.76. The molecule has 0 fully saturated rings. The first kappa shape index (κ1) is 10.5. The van der Waals surface area contributed by atoms with Gasteiger partial charge in [0.05, 0.1) is 4.92 Å². The molecule has 0 saturated heterocycles. The van der Waals surface area contributed by atoms with Crippen LogP contribution in [0, 0.1) is 10.1 Å². The molecule has 0 unspecified atom stereocenters. The fourth-order valence-electron chi connectivity index (χ4n) is 0.794. The molecule has 0 radical (unpaired) electrons. The van der Waals surface area contributed by atoms with Crippen molar-refractivity contribution in [1.29, 1.82) is 0 Å². The number of nitrogens with zero attached hydrogens (tertiary/aromatic N) is 2. The van der Waals surface area contributed by atoms with E-state index in [1.165, 1.54) is 18.3 Å². The van der Waals surface area contributed by atoms with E-state index in [0.29, 0.717) is 0 Å². The molecule has 0 saturated carbocycles. The summed E-state index contributed by atoms with van der Waals surface area (Å²) in [5.41, 5.74) is -0.222. The normalized spacial score (nSPS) is 9.50. The van der Waals surface area contributed by atoms with Gasteiger partial charge >= 0.3 is 0 Å². The van der Waals surface area contributed by atoms with Gasteiger partial charge in [-0.3, -0.25) is 10.1 Å². The fraction of sp³-hybridized carbons (Fsp3) is 0.125. The van der Waals surface area contributed by atoms with Crippen molar-refractivity contribution >= 4 is 17.3 Å². The van der Waals surface area contributed by atoms with Gasteiger partial charge in [-0.05, 0) is 0 Å². The molecular weight excluding hydrogens is 208 g/mol. The summed E-state index contributed by atoms with van der Waals surface area (Å²) < 4.78 is 5.01. The zero-order valence-corrected chi connectivity index (χ0v) is 7.90. The maximum Gasteiger partial charge on any atom is 0.294 e. The highest BCUT2D eigenvalue weighted by molar-refractivity contribution is 6.33. The Morgan fingerprint density at radius 3 is 3.07 bits per heavy atom. The summed E-state index contributed by atoms with van der Waals surface area (Å²) in [4.78, 5) is 13.6. The second-order valence-electron chi connectivity index (χ2n) is 2.31. The van der Waals surface area contributed by atoms with Crippen LogP contribution in [0.15, 0.2) is 24.9 Å². The third-order valence-electron chi connectivity index (χ3n) is 1.37. The van der Waals surface area contributed by atoms with Crippen molar-refractivity contribution in [3.63, 3.8) is 0 Å². The van der Waals surface area contributed by atoms with Gasteiger partial charge in [0.25, 0.3) is 5.69 Å². The molecule has 5 nitrogen and oxygen atoms in total. The van der Waals surface area contributed by atoms with E-state index in [1.807, 2.05) is 0 Å². The van der Waals surface area contributed by atoms with Gasteiger partial charge in [0.15, 0.2) is 5.02 Å². The molecule has 1 heterocycles. The summed E-state index contributed by atoms with van der Waals surface area (Å²) in [7, 11) is 0. The van der Waals surface area contributed by atoms with Crippen LogP contribution in [0.2, 0.25) is 5.02 Å². The van der Waals surface area contributed by atoms with Crippen molar-refractivity contribution in [2.24, 2.45) is 0 Å². The van der Waals surface area contributed by atoms with E-state index >= 15 is 0 Å². The third-order valence-corrected chi connectivity index (χ3v) is 1.73. The molecule has 0 atom stereocenters. The number of halogens is 1. The fourth-order valence-corrected chi connectivity index (χ4v) is 1.03. The summed E-state index contributed by atoms with van der Waals surface area (Å²) in [6, 6.07) is 1.21. The maximum absolute atomic E-state index is 10.5. The average molecular weight is 215 g/mol. The van der Waals surface area contributed by atoms with Crippen molar-refractivity contribution in [3.8, 4) is 5.88 Å². The third kappa shape index (κ3) is 2.20. The van der Waals surface area contributed by atoms with Crippen molar-refractivity contribution in [3.05, 3.63) is 40.1 Å². The van der Waals surface area contributed by atoms with E-state index in [-0.39, 0.29) is 23.2 Å². The van der Waals surface area contributed by atoms with Gasteiger partial charge in [0.1, 0.15) is 6.61 Å². The van der Waals surface area contributed by atoms with Gasteiger partial charge in [-0.2, -0.15) is 0 Å². The lowest BCUT2D eigenvalue weighted by Crippen LogP contribution is -1.98. The van der Waals surface area contributed by atoms with Crippen LogP contribution >= 0.6 is 11.6 Å². The van der Waals surface area contributed by atoms with Crippen LogP contribution in [0.4, 0.5) is 5.69 Å². The highest BCUT2D eigenvalue weighted by atomic mass is 35.5. The number of nitro groups is 1. The molecule has 0 aromatic carbocycles. The molecule has 0 spiro atoms. The van der Waals surface area contributed by atoms with Gasteiger partial charge in [-0.25, -0.2) is 4.98 Å². The van der Waals surface area contributed by atoms with Crippen molar-refractivity contribution in [2.75, 3.05) is 6.61 Å². The van der Waals surface area contributed by atoms with Crippen molar-refractivity contribution in [1.82, 2.24) is 4.98 Å². The second kappa shape index (κ2) is 4.57. The van der Waals surface area contributed by atoms with Crippen LogP contribution in [0.5, 0.6) is 5.88 Å². The van der Waals surface area contributed by atoms with Crippen LogP contribution < -0.4 is 4.74 Å². The molecule has 6 heteroatoms. The summed E-state index contributed by atoms with van der Waals surface area (Å²) >= 11 is 5.68. The Balaban J connectivity index is 3.01. The van der Waals surface area contributed by atoms with Crippen LogP contribution in [-0.2, 0) is 0 Å². The first-order valence-corrected chi connectivity index (χ1v) is 4.07. The topological polar surface area (TPSA) is 65.3 Å². The standard InChI is InChI=1S/C8H7ClN2O3/c1-2-5-14-8-7(9)6(11(12)13)3-4-10-8/h2-4H,1,5H2. The molecule has 1 aromatic heterocycles. The van der Waals surface area contributed by atoms with Crippen LogP contribution in [0.1, 0.15) is 0 Å². The molecule has 0 aliphatic heterocycles. The molecule has 0 bridgehead atoms. The molecule has 14 heavy (non-hydrogen) atoms. The minimum absolute atomic E-state index is 0.0424. The van der Waals surface area contributed by atoms with Gasteiger partial charge in [-0.1, -0.05) is 24.3 Å². The first-order valence-electron chi connectivity index (χ1n) is 3.69. The molecule has 0 aliphatic rings. The highest BCUT2D eigenvalue weighted by Crippen LogP contribution is 2.30. The van der Waals surface area contributed by atoms with E-state index in [9.17, 15) is 10.1 Å². The molecule has 0 N–H and O–H groups in total.